The third-order valence-electron chi connectivity index (χ3n) is 3.42. The zero-order chi connectivity index (χ0) is 15.4. The molecule has 0 aromatic heterocycles. The van der Waals surface area contributed by atoms with Crippen LogP contribution in [-0.2, 0) is 12.8 Å². The van der Waals surface area contributed by atoms with Crippen molar-refractivity contribution in [1.29, 1.82) is 0 Å². The van der Waals surface area contributed by atoms with E-state index in [1.54, 1.807) is 18.2 Å². The third kappa shape index (κ3) is 4.10. The number of nitrogens with one attached hydrogen (secondary N) is 1. The summed E-state index contributed by atoms with van der Waals surface area (Å²) < 4.78 is 13.9. The highest BCUT2D eigenvalue weighted by Gasteiger charge is 2.16. The SMILES string of the molecule is CNC(Cc1cccc(Cl)c1Cl)Cc1c(F)cccc1Cl. The van der Waals surface area contributed by atoms with Crippen LogP contribution in [0.3, 0.4) is 0 Å². The fourth-order valence-corrected chi connectivity index (χ4v) is 2.86. The van der Waals surface area contributed by atoms with E-state index in [0.29, 0.717) is 33.5 Å². The van der Waals surface area contributed by atoms with Crippen molar-refractivity contribution in [3.63, 3.8) is 0 Å². The summed E-state index contributed by atoms with van der Waals surface area (Å²) in [7, 11) is 1.83. The summed E-state index contributed by atoms with van der Waals surface area (Å²) in [6.45, 7) is 0. The molecule has 5 heteroatoms. The van der Waals surface area contributed by atoms with Gasteiger partial charge < -0.3 is 5.32 Å². The van der Waals surface area contributed by atoms with E-state index in [1.807, 2.05) is 19.2 Å². The first-order chi connectivity index (χ1) is 10.0. The molecule has 2 rings (SSSR count). The van der Waals surface area contributed by atoms with Crippen molar-refractivity contribution in [1.82, 2.24) is 5.32 Å². The predicted octanol–water partition coefficient (Wildman–Crippen LogP) is 5.16. The Balaban J connectivity index is 2.19. The molecule has 2 aromatic rings. The maximum Gasteiger partial charge on any atom is 0.127 e. The van der Waals surface area contributed by atoms with Crippen LogP contribution in [-0.4, -0.2) is 13.1 Å². The Morgan fingerprint density at radius 3 is 2.33 bits per heavy atom. The zero-order valence-electron chi connectivity index (χ0n) is 11.5. The first kappa shape index (κ1) is 16.6. The molecule has 1 nitrogen and oxygen atoms in total. The van der Waals surface area contributed by atoms with E-state index < -0.39 is 0 Å². The molecule has 2 aromatic carbocycles. The minimum absolute atomic E-state index is 0.00960. The summed E-state index contributed by atoms with van der Waals surface area (Å²) >= 11 is 18.3. The Hall–Kier alpha value is -0.800. The maximum atomic E-state index is 13.9. The van der Waals surface area contributed by atoms with Gasteiger partial charge in [0.1, 0.15) is 5.82 Å². The molecule has 0 aliphatic heterocycles. The van der Waals surface area contributed by atoms with Crippen molar-refractivity contribution in [2.45, 2.75) is 18.9 Å². The molecule has 0 radical (unpaired) electrons. The normalized spacial score (nSPS) is 12.4. The van der Waals surface area contributed by atoms with Crippen LogP contribution in [0.25, 0.3) is 0 Å². The molecular weight excluding hydrogens is 332 g/mol. The van der Waals surface area contributed by atoms with Crippen molar-refractivity contribution >= 4 is 34.8 Å². The minimum Gasteiger partial charge on any atom is -0.316 e. The van der Waals surface area contributed by atoms with Gasteiger partial charge in [-0.1, -0.05) is 53.0 Å². The molecule has 0 fully saturated rings. The van der Waals surface area contributed by atoms with Crippen LogP contribution >= 0.6 is 34.8 Å². The molecule has 0 spiro atoms. The Labute approximate surface area is 139 Å². The molecule has 0 saturated carbocycles. The molecule has 0 heterocycles. The number of benzene rings is 2. The van der Waals surface area contributed by atoms with Crippen LogP contribution in [0.5, 0.6) is 0 Å². The Bertz CT molecular complexity index is 611. The first-order valence-electron chi connectivity index (χ1n) is 6.56. The lowest BCUT2D eigenvalue weighted by atomic mass is 9.98. The molecule has 0 amide bonds. The van der Waals surface area contributed by atoms with E-state index in [4.69, 9.17) is 34.8 Å². The average Bonchev–Trinajstić information content (AvgIpc) is 2.46. The summed E-state index contributed by atoms with van der Waals surface area (Å²) in [4.78, 5) is 0. The fourth-order valence-electron chi connectivity index (χ4n) is 2.22. The molecule has 112 valence electrons. The number of hydrogen-bond donors (Lipinski definition) is 1. The zero-order valence-corrected chi connectivity index (χ0v) is 13.7. The Morgan fingerprint density at radius 2 is 1.67 bits per heavy atom. The molecule has 1 atom stereocenters. The van der Waals surface area contributed by atoms with Crippen LogP contribution in [0.15, 0.2) is 36.4 Å². The Kier molecular flexibility index (Phi) is 5.88. The van der Waals surface area contributed by atoms with Gasteiger partial charge in [-0.2, -0.15) is 0 Å². The largest absolute Gasteiger partial charge is 0.316 e. The molecular formula is C16H15Cl3FN. The average molecular weight is 347 g/mol. The van der Waals surface area contributed by atoms with Crippen LogP contribution in [0.1, 0.15) is 11.1 Å². The maximum absolute atomic E-state index is 13.9. The van der Waals surface area contributed by atoms with E-state index in [-0.39, 0.29) is 11.9 Å². The van der Waals surface area contributed by atoms with Gasteiger partial charge in [0.05, 0.1) is 10.0 Å². The lowest BCUT2D eigenvalue weighted by Gasteiger charge is -2.18. The summed E-state index contributed by atoms with van der Waals surface area (Å²) in [5.41, 5.74) is 1.44. The molecule has 1 N–H and O–H groups in total. The van der Waals surface area contributed by atoms with Gasteiger partial charge >= 0.3 is 0 Å². The van der Waals surface area contributed by atoms with E-state index in [2.05, 4.69) is 5.32 Å². The number of likely N-dealkylation sites (N-methyl/N-ethyl adjacent to an activating group) is 1. The van der Waals surface area contributed by atoms with E-state index in [0.717, 1.165) is 5.56 Å². The lowest BCUT2D eigenvalue weighted by Crippen LogP contribution is -2.30. The van der Waals surface area contributed by atoms with Crippen LogP contribution in [0.4, 0.5) is 4.39 Å². The van der Waals surface area contributed by atoms with E-state index >= 15 is 0 Å². The second kappa shape index (κ2) is 7.46. The molecule has 0 saturated heterocycles. The second-order valence-electron chi connectivity index (χ2n) is 4.81. The standard InChI is InChI=1S/C16H15Cl3FN/c1-21-11(8-10-4-2-6-14(18)16(10)19)9-12-13(17)5-3-7-15(12)20/h2-7,11,21H,8-9H2,1H3. The monoisotopic (exact) mass is 345 g/mol. The van der Waals surface area contributed by atoms with Gasteiger partial charge in [0.25, 0.3) is 0 Å². The Morgan fingerprint density at radius 1 is 1.00 bits per heavy atom. The van der Waals surface area contributed by atoms with Gasteiger partial charge in [-0.15, -0.1) is 0 Å². The van der Waals surface area contributed by atoms with Gasteiger partial charge in [-0.25, -0.2) is 4.39 Å². The molecule has 0 aliphatic rings. The van der Waals surface area contributed by atoms with Crippen LogP contribution in [0, 0.1) is 5.82 Å². The number of rotatable bonds is 5. The van der Waals surface area contributed by atoms with Gasteiger partial charge in [-0.05, 0) is 43.7 Å². The second-order valence-corrected chi connectivity index (χ2v) is 6.00. The van der Waals surface area contributed by atoms with E-state index in [9.17, 15) is 4.39 Å². The summed E-state index contributed by atoms with van der Waals surface area (Å²) in [6, 6.07) is 10.2. The van der Waals surface area contributed by atoms with Crippen molar-refractivity contribution in [2.75, 3.05) is 7.05 Å². The highest BCUT2D eigenvalue weighted by Crippen LogP contribution is 2.27. The van der Waals surface area contributed by atoms with Crippen molar-refractivity contribution in [3.8, 4) is 0 Å². The highest BCUT2D eigenvalue weighted by molar-refractivity contribution is 6.42. The molecule has 0 bridgehead atoms. The van der Waals surface area contributed by atoms with Gasteiger partial charge in [0, 0.05) is 16.6 Å². The topological polar surface area (TPSA) is 12.0 Å². The quantitative estimate of drug-likeness (QED) is 0.788. The van der Waals surface area contributed by atoms with Gasteiger partial charge in [0.15, 0.2) is 0 Å². The summed E-state index contributed by atoms with van der Waals surface area (Å²) in [6.07, 6.45) is 1.12. The summed E-state index contributed by atoms with van der Waals surface area (Å²) in [5, 5.41) is 4.67. The summed E-state index contributed by atoms with van der Waals surface area (Å²) in [5.74, 6) is -0.292. The smallest absolute Gasteiger partial charge is 0.127 e. The molecule has 21 heavy (non-hydrogen) atoms. The number of halogens is 4. The highest BCUT2D eigenvalue weighted by atomic mass is 35.5. The predicted molar refractivity (Wildman–Crippen MR) is 88.1 cm³/mol. The van der Waals surface area contributed by atoms with E-state index in [1.165, 1.54) is 6.07 Å². The van der Waals surface area contributed by atoms with Crippen molar-refractivity contribution in [3.05, 3.63) is 68.4 Å². The first-order valence-corrected chi connectivity index (χ1v) is 7.69. The van der Waals surface area contributed by atoms with Crippen molar-refractivity contribution < 1.29 is 4.39 Å². The lowest BCUT2D eigenvalue weighted by molar-refractivity contribution is 0.532. The molecule has 1 unspecified atom stereocenters. The van der Waals surface area contributed by atoms with Gasteiger partial charge in [0.2, 0.25) is 0 Å². The fraction of sp³-hybridized carbons (Fsp3) is 0.250. The third-order valence-corrected chi connectivity index (χ3v) is 4.63. The van der Waals surface area contributed by atoms with Gasteiger partial charge in [-0.3, -0.25) is 0 Å². The van der Waals surface area contributed by atoms with Crippen LogP contribution in [0.2, 0.25) is 15.1 Å². The molecule has 0 aliphatic carbocycles. The minimum atomic E-state index is -0.292. The van der Waals surface area contributed by atoms with Crippen LogP contribution < -0.4 is 5.32 Å². The van der Waals surface area contributed by atoms with Crippen molar-refractivity contribution in [2.24, 2.45) is 0 Å². The number of hydrogen-bond acceptors (Lipinski definition) is 1.